The molecule has 0 amide bonds. The van der Waals surface area contributed by atoms with E-state index in [1.54, 1.807) is 13.0 Å². The average molecular weight is 259 g/mol. The zero-order chi connectivity index (χ0) is 13.2. The number of H-pyrrole nitrogens is 1. The summed E-state index contributed by atoms with van der Waals surface area (Å²) in [6.07, 6.45) is 2.39. The van der Waals surface area contributed by atoms with Crippen LogP contribution in [0.4, 0.5) is 4.39 Å². The number of hydrogen-bond donors (Lipinski definition) is 2. The molecule has 1 unspecified atom stereocenters. The number of nitrogens with one attached hydrogen (secondary N) is 2. The third-order valence-corrected chi connectivity index (χ3v) is 3.79. The minimum Gasteiger partial charge on any atom is -0.316 e. The SMILES string of the molecule is Cc1cc(-c2cc(C3CCCNC3)[nH]n2)ccc1F. The first-order valence-corrected chi connectivity index (χ1v) is 6.76. The number of halogens is 1. The zero-order valence-corrected chi connectivity index (χ0v) is 11.0. The van der Waals surface area contributed by atoms with Crippen LogP contribution in [0, 0.1) is 12.7 Å². The minimum atomic E-state index is -0.170. The first-order chi connectivity index (χ1) is 9.24. The summed E-state index contributed by atoms with van der Waals surface area (Å²) in [6, 6.07) is 7.21. The molecule has 2 aromatic rings. The topological polar surface area (TPSA) is 40.7 Å². The van der Waals surface area contributed by atoms with Crippen molar-refractivity contribution in [1.82, 2.24) is 15.5 Å². The van der Waals surface area contributed by atoms with Crippen LogP contribution in [0.15, 0.2) is 24.3 Å². The van der Waals surface area contributed by atoms with Crippen molar-refractivity contribution in [3.8, 4) is 11.3 Å². The van der Waals surface area contributed by atoms with Crippen molar-refractivity contribution in [1.29, 1.82) is 0 Å². The van der Waals surface area contributed by atoms with Gasteiger partial charge in [0.05, 0.1) is 5.69 Å². The second kappa shape index (κ2) is 5.13. The van der Waals surface area contributed by atoms with Crippen LogP contribution in [0.3, 0.4) is 0 Å². The number of hydrogen-bond acceptors (Lipinski definition) is 2. The van der Waals surface area contributed by atoms with Crippen molar-refractivity contribution in [2.75, 3.05) is 13.1 Å². The van der Waals surface area contributed by atoms with Crippen LogP contribution >= 0.6 is 0 Å². The van der Waals surface area contributed by atoms with Crippen LogP contribution in [0.2, 0.25) is 0 Å². The lowest BCUT2D eigenvalue weighted by Gasteiger charge is -2.21. The minimum absolute atomic E-state index is 0.170. The van der Waals surface area contributed by atoms with Gasteiger partial charge in [0.15, 0.2) is 0 Å². The van der Waals surface area contributed by atoms with E-state index < -0.39 is 0 Å². The van der Waals surface area contributed by atoms with Crippen LogP contribution in [-0.2, 0) is 0 Å². The number of aryl methyl sites for hydroxylation is 1. The Morgan fingerprint density at radius 2 is 2.21 bits per heavy atom. The maximum absolute atomic E-state index is 13.3. The van der Waals surface area contributed by atoms with Gasteiger partial charge >= 0.3 is 0 Å². The molecule has 3 rings (SSSR count). The quantitative estimate of drug-likeness (QED) is 0.870. The van der Waals surface area contributed by atoms with E-state index in [4.69, 9.17) is 0 Å². The summed E-state index contributed by atoms with van der Waals surface area (Å²) in [5.41, 5.74) is 3.68. The van der Waals surface area contributed by atoms with E-state index in [-0.39, 0.29) is 5.82 Å². The Hall–Kier alpha value is -1.68. The molecule has 1 aliphatic rings. The number of aromatic amines is 1. The standard InChI is InChI=1S/C15H18FN3/c1-10-7-11(4-5-13(10)16)14-8-15(19-18-14)12-3-2-6-17-9-12/h4-5,7-8,12,17H,2-3,6,9H2,1H3,(H,18,19). The molecule has 4 heteroatoms. The van der Waals surface area contributed by atoms with E-state index in [0.717, 1.165) is 24.3 Å². The summed E-state index contributed by atoms with van der Waals surface area (Å²) in [5, 5.41) is 10.9. The molecular weight excluding hydrogens is 241 g/mol. The maximum Gasteiger partial charge on any atom is 0.126 e. The molecule has 1 aromatic heterocycles. The number of aromatic nitrogens is 2. The Kier molecular flexibility index (Phi) is 3.34. The highest BCUT2D eigenvalue weighted by molar-refractivity contribution is 5.60. The molecule has 1 aliphatic heterocycles. The first kappa shape index (κ1) is 12.4. The molecule has 1 saturated heterocycles. The molecule has 0 saturated carbocycles. The smallest absolute Gasteiger partial charge is 0.126 e. The number of benzene rings is 1. The van der Waals surface area contributed by atoms with E-state index in [0.29, 0.717) is 11.5 Å². The molecule has 1 fully saturated rings. The molecule has 0 bridgehead atoms. The molecular formula is C15H18FN3. The van der Waals surface area contributed by atoms with Gasteiger partial charge in [0, 0.05) is 23.7 Å². The largest absolute Gasteiger partial charge is 0.316 e. The van der Waals surface area contributed by atoms with E-state index >= 15 is 0 Å². The predicted molar refractivity (Wildman–Crippen MR) is 73.6 cm³/mol. The van der Waals surface area contributed by atoms with Gasteiger partial charge in [-0.1, -0.05) is 0 Å². The number of nitrogens with zero attached hydrogens (tertiary/aromatic N) is 1. The summed E-state index contributed by atoms with van der Waals surface area (Å²) in [6.45, 7) is 3.89. The summed E-state index contributed by atoms with van der Waals surface area (Å²) in [7, 11) is 0. The normalized spacial score (nSPS) is 19.6. The zero-order valence-electron chi connectivity index (χ0n) is 11.0. The first-order valence-electron chi connectivity index (χ1n) is 6.76. The fourth-order valence-corrected chi connectivity index (χ4v) is 2.61. The van der Waals surface area contributed by atoms with Crippen molar-refractivity contribution < 1.29 is 4.39 Å². The van der Waals surface area contributed by atoms with Crippen molar-refractivity contribution in [3.63, 3.8) is 0 Å². The van der Waals surface area contributed by atoms with Gasteiger partial charge in [-0.3, -0.25) is 5.10 Å². The van der Waals surface area contributed by atoms with Crippen LogP contribution in [0.1, 0.15) is 30.0 Å². The molecule has 19 heavy (non-hydrogen) atoms. The van der Waals surface area contributed by atoms with Gasteiger partial charge in [-0.05, 0) is 56.1 Å². The molecule has 2 N–H and O–H groups in total. The van der Waals surface area contributed by atoms with Crippen LogP contribution in [0.25, 0.3) is 11.3 Å². The Bertz CT molecular complexity index is 571. The van der Waals surface area contributed by atoms with Gasteiger partial charge in [-0.25, -0.2) is 4.39 Å². The Morgan fingerprint density at radius 1 is 1.32 bits per heavy atom. The van der Waals surface area contributed by atoms with Crippen LogP contribution in [0.5, 0.6) is 0 Å². The fraction of sp³-hybridized carbons (Fsp3) is 0.400. The second-order valence-electron chi connectivity index (χ2n) is 5.22. The Labute approximate surface area is 112 Å². The molecule has 0 radical (unpaired) electrons. The van der Waals surface area contributed by atoms with Gasteiger partial charge in [0.25, 0.3) is 0 Å². The summed E-state index contributed by atoms with van der Waals surface area (Å²) in [5.74, 6) is 0.340. The van der Waals surface area contributed by atoms with Crippen molar-refractivity contribution >= 4 is 0 Å². The average Bonchev–Trinajstić information content (AvgIpc) is 2.93. The predicted octanol–water partition coefficient (Wildman–Crippen LogP) is 2.99. The lowest BCUT2D eigenvalue weighted by Crippen LogP contribution is -2.28. The molecule has 3 nitrogen and oxygen atoms in total. The summed E-state index contributed by atoms with van der Waals surface area (Å²) in [4.78, 5) is 0. The number of rotatable bonds is 2. The highest BCUT2D eigenvalue weighted by atomic mass is 19.1. The lowest BCUT2D eigenvalue weighted by molar-refractivity contribution is 0.454. The van der Waals surface area contributed by atoms with Gasteiger partial charge in [0.1, 0.15) is 5.82 Å². The monoisotopic (exact) mass is 259 g/mol. The van der Waals surface area contributed by atoms with E-state index in [1.807, 2.05) is 6.07 Å². The molecule has 1 atom stereocenters. The van der Waals surface area contributed by atoms with Crippen molar-refractivity contribution in [2.24, 2.45) is 0 Å². The van der Waals surface area contributed by atoms with Crippen molar-refractivity contribution in [2.45, 2.75) is 25.7 Å². The van der Waals surface area contributed by atoms with Crippen molar-refractivity contribution in [3.05, 3.63) is 41.3 Å². The summed E-state index contributed by atoms with van der Waals surface area (Å²) >= 11 is 0. The van der Waals surface area contributed by atoms with E-state index in [9.17, 15) is 4.39 Å². The van der Waals surface area contributed by atoms with Gasteiger partial charge < -0.3 is 5.32 Å². The molecule has 0 spiro atoms. The fourth-order valence-electron chi connectivity index (χ4n) is 2.61. The van der Waals surface area contributed by atoms with Gasteiger partial charge in [-0.15, -0.1) is 0 Å². The highest BCUT2D eigenvalue weighted by Gasteiger charge is 2.17. The van der Waals surface area contributed by atoms with E-state index in [1.165, 1.54) is 24.6 Å². The van der Waals surface area contributed by atoms with E-state index in [2.05, 4.69) is 21.6 Å². The Balaban J connectivity index is 1.85. The highest BCUT2D eigenvalue weighted by Crippen LogP contribution is 2.26. The second-order valence-corrected chi connectivity index (χ2v) is 5.22. The van der Waals surface area contributed by atoms with Gasteiger partial charge in [-0.2, -0.15) is 5.10 Å². The van der Waals surface area contributed by atoms with Gasteiger partial charge in [0.2, 0.25) is 0 Å². The summed E-state index contributed by atoms with van der Waals surface area (Å²) < 4.78 is 13.3. The third kappa shape index (κ3) is 2.54. The number of piperidine rings is 1. The molecule has 0 aliphatic carbocycles. The molecule has 100 valence electrons. The lowest BCUT2D eigenvalue weighted by atomic mass is 9.95. The Morgan fingerprint density at radius 3 is 2.95 bits per heavy atom. The third-order valence-electron chi connectivity index (χ3n) is 3.79. The van der Waals surface area contributed by atoms with Crippen LogP contribution in [-0.4, -0.2) is 23.3 Å². The van der Waals surface area contributed by atoms with Crippen LogP contribution < -0.4 is 5.32 Å². The maximum atomic E-state index is 13.3. The molecule has 1 aromatic carbocycles. The molecule has 2 heterocycles.